The van der Waals surface area contributed by atoms with Gasteiger partial charge in [-0.05, 0) is 19.3 Å². The van der Waals surface area contributed by atoms with E-state index in [2.05, 4.69) is 10.6 Å². The van der Waals surface area contributed by atoms with Gasteiger partial charge >= 0.3 is 0 Å². The minimum Gasteiger partial charge on any atom is -0.356 e. The second-order valence-corrected chi connectivity index (χ2v) is 3.46. The molecule has 1 unspecified atom stereocenters. The molecule has 2 N–H and O–H groups in total. The number of carbonyl (C=O) groups excluding carboxylic acids is 1. The summed E-state index contributed by atoms with van der Waals surface area (Å²) in [4.78, 5) is 11.1. The topological polar surface area (TPSA) is 41.1 Å². The van der Waals surface area contributed by atoms with Crippen molar-refractivity contribution in [1.29, 1.82) is 0 Å². The van der Waals surface area contributed by atoms with Crippen molar-refractivity contribution in [2.75, 3.05) is 13.1 Å². The van der Waals surface area contributed by atoms with Crippen LogP contribution in [-0.4, -0.2) is 25.0 Å². The minimum absolute atomic E-state index is 0.234. The summed E-state index contributed by atoms with van der Waals surface area (Å²) in [5, 5.41) is 6.20. The lowest BCUT2D eigenvalue weighted by Gasteiger charge is -2.06. The fraction of sp³-hybridized carbons (Fsp3) is 0.875. The van der Waals surface area contributed by atoms with Crippen LogP contribution in [0.3, 0.4) is 0 Å². The largest absolute Gasteiger partial charge is 0.356 e. The van der Waals surface area contributed by atoms with Crippen LogP contribution in [0, 0.1) is 5.92 Å². The van der Waals surface area contributed by atoms with E-state index < -0.39 is 0 Å². The zero-order valence-electron chi connectivity index (χ0n) is 6.60. The molecule has 0 aromatic carbocycles. The van der Waals surface area contributed by atoms with E-state index in [1.54, 1.807) is 0 Å². The van der Waals surface area contributed by atoms with E-state index in [0.29, 0.717) is 0 Å². The first-order chi connectivity index (χ1) is 5.36. The van der Waals surface area contributed by atoms with Crippen molar-refractivity contribution in [3.63, 3.8) is 0 Å². The molecule has 0 spiro atoms. The van der Waals surface area contributed by atoms with Gasteiger partial charge in [0.1, 0.15) is 0 Å². The quantitative estimate of drug-likeness (QED) is 0.594. The molecule has 0 radical (unpaired) electrons. The van der Waals surface area contributed by atoms with Crippen molar-refractivity contribution >= 4 is 5.91 Å². The van der Waals surface area contributed by atoms with Crippen LogP contribution in [0.2, 0.25) is 0 Å². The number of amides is 1. The van der Waals surface area contributed by atoms with Crippen molar-refractivity contribution in [2.45, 2.75) is 25.3 Å². The molecule has 1 aliphatic heterocycles. The number of rotatable bonds is 3. The SMILES string of the molecule is O=C1NCCC1CNC1CC1. The Balaban J connectivity index is 1.71. The van der Waals surface area contributed by atoms with Crippen molar-refractivity contribution < 1.29 is 4.79 Å². The first-order valence-electron chi connectivity index (χ1n) is 4.37. The average Bonchev–Trinajstić information content (AvgIpc) is 2.73. The third-order valence-corrected chi connectivity index (χ3v) is 2.39. The van der Waals surface area contributed by atoms with Crippen LogP contribution < -0.4 is 10.6 Å². The second kappa shape index (κ2) is 2.81. The van der Waals surface area contributed by atoms with E-state index in [1.165, 1.54) is 12.8 Å². The molecule has 1 atom stereocenters. The van der Waals surface area contributed by atoms with Gasteiger partial charge in [0, 0.05) is 19.1 Å². The fourth-order valence-corrected chi connectivity index (χ4v) is 1.44. The molecule has 1 aliphatic carbocycles. The lowest BCUT2D eigenvalue weighted by Crippen LogP contribution is -2.29. The highest BCUT2D eigenvalue weighted by atomic mass is 16.2. The van der Waals surface area contributed by atoms with Gasteiger partial charge in [-0.1, -0.05) is 0 Å². The Hall–Kier alpha value is -0.570. The molecular weight excluding hydrogens is 140 g/mol. The van der Waals surface area contributed by atoms with Crippen LogP contribution in [0.5, 0.6) is 0 Å². The zero-order valence-corrected chi connectivity index (χ0v) is 6.60. The molecule has 0 bridgehead atoms. The van der Waals surface area contributed by atoms with Crippen molar-refractivity contribution in [1.82, 2.24) is 10.6 Å². The standard InChI is InChI=1S/C8H14N2O/c11-8-6(3-4-9-8)5-10-7-1-2-7/h6-7,10H,1-5H2,(H,9,11). The molecule has 62 valence electrons. The van der Waals surface area contributed by atoms with Gasteiger partial charge in [-0.25, -0.2) is 0 Å². The Labute approximate surface area is 66.5 Å². The molecule has 1 saturated carbocycles. The molecule has 11 heavy (non-hydrogen) atoms. The summed E-state index contributed by atoms with van der Waals surface area (Å²) in [7, 11) is 0. The van der Waals surface area contributed by atoms with Gasteiger partial charge in [0.05, 0.1) is 5.92 Å². The van der Waals surface area contributed by atoms with E-state index in [0.717, 1.165) is 25.6 Å². The van der Waals surface area contributed by atoms with Gasteiger partial charge in [0.2, 0.25) is 5.91 Å². The molecule has 2 fully saturated rings. The van der Waals surface area contributed by atoms with E-state index in [-0.39, 0.29) is 11.8 Å². The van der Waals surface area contributed by atoms with Gasteiger partial charge in [0.25, 0.3) is 0 Å². The minimum atomic E-state index is 0.234. The maximum atomic E-state index is 11.1. The van der Waals surface area contributed by atoms with Crippen molar-refractivity contribution in [3.8, 4) is 0 Å². The fourth-order valence-electron chi connectivity index (χ4n) is 1.44. The number of hydrogen-bond acceptors (Lipinski definition) is 2. The van der Waals surface area contributed by atoms with Crippen LogP contribution in [0.15, 0.2) is 0 Å². The highest BCUT2D eigenvalue weighted by Gasteiger charge is 2.27. The Morgan fingerprint density at radius 2 is 2.27 bits per heavy atom. The molecule has 1 heterocycles. The van der Waals surface area contributed by atoms with Crippen LogP contribution in [0.4, 0.5) is 0 Å². The molecule has 1 amide bonds. The summed E-state index contributed by atoms with van der Waals surface area (Å²) in [6.07, 6.45) is 3.61. The molecule has 3 heteroatoms. The van der Waals surface area contributed by atoms with Gasteiger partial charge in [-0.2, -0.15) is 0 Å². The van der Waals surface area contributed by atoms with E-state index >= 15 is 0 Å². The Bertz CT molecular complexity index is 165. The van der Waals surface area contributed by atoms with E-state index in [4.69, 9.17) is 0 Å². The normalized spacial score (nSPS) is 30.5. The van der Waals surface area contributed by atoms with E-state index in [9.17, 15) is 4.79 Å². The molecule has 2 aliphatic rings. The summed E-state index contributed by atoms with van der Waals surface area (Å²) in [5.74, 6) is 0.480. The second-order valence-electron chi connectivity index (χ2n) is 3.46. The van der Waals surface area contributed by atoms with Gasteiger partial charge in [-0.15, -0.1) is 0 Å². The van der Waals surface area contributed by atoms with Crippen molar-refractivity contribution in [2.24, 2.45) is 5.92 Å². The van der Waals surface area contributed by atoms with Gasteiger partial charge in [0.15, 0.2) is 0 Å². The lowest BCUT2D eigenvalue weighted by atomic mass is 10.1. The Kier molecular flexibility index (Phi) is 1.82. The molecule has 3 nitrogen and oxygen atoms in total. The third-order valence-electron chi connectivity index (χ3n) is 2.39. The Morgan fingerprint density at radius 1 is 1.45 bits per heavy atom. The molecule has 2 rings (SSSR count). The summed E-state index contributed by atoms with van der Waals surface area (Å²) < 4.78 is 0. The van der Waals surface area contributed by atoms with Crippen LogP contribution in [0.1, 0.15) is 19.3 Å². The third kappa shape index (κ3) is 1.71. The average molecular weight is 154 g/mol. The summed E-state index contributed by atoms with van der Waals surface area (Å²) in [6.45, 7) is 1.76. The predicted octanol–water partition coefficient (Wildman–Crippen LogP) is -0.126. The molecule has 0 aromatic heterocycles. The highest BCUT2D eigenvalue weighted by Crippen LogP contribution is 2.19. The number of hydrogen-bond donors (Lipinski definition) is 2. The first-order valence-corrected chi connectivity index (χ1v) is 4.37. The van der Waals surface area contributed by atoms with Crippen molar-refractivity contribution in [3.05, 3.63) is 0 Å². The van der Waals surface area contributed by atoms with Gasteiger partial charge in [-0.3, -0.25) is 4.79 Å². The Morgan fingerprint density at radius 3 is 2.82 bits per heavy atom. The maximum Gasteiger partial charge on any atom is 0.224 e. The zero-order chi connectivity index (χ0) is 7.68. The first kappa shape index (κ1) is 7.10. The number of nitrogens with one attached hydrogen (secondary N) is 2. The molecule has 1 saturated heterocycles. The molecular formula is C8H14N2O. The molecule has 0 aromatic rings. The van der Waals surface area contributed by atoms with Crippen LogP contribution in [0.25, 0.3) is 0 Å². The highest BCUT2D eigenvalue weighted by molar-refractivity contribution is 5.80. The maximum absolute atomic E-state index is 11.1. The van der Waals surface area contributed by atoms with Crippen LogP contribution in [-0.2, 0) is 4.79 Å². The summed E-state index contributed by atoms with van der Waals surface area (Å²) in [6, 6.07) is 0.725. The summed E-state index contributed by atoms with van der Waals surface area (Å²) >= 11 is 0. The van der Waals surface area contributed by atoms with E-state index in [1.807, 2.05) is 0 Å². The predicted molar refractivity (Wildman–Crippen MR) is 42.1 cm³/mol. The van der Waals surface area contributed by atoms with Gasteiger partial charge < -0.3 is 10.6 Å². The lowest BCUT2D eigenvalue weighted by molar-refractivity contribution is -0.122. The number of carbonyl (C=O) groups is 1. The smallest absolute Gasteiger partial charge is 0.224 e. The monoisotopic (exact) mass is 154 g/mol. The van der Waals surface area contributed by atoms with Crippen LogP contribution >= 0.6 is 0 Å². The summed E-state index contributed by atoms with van der Waals surface area (Å²) in [5.41, 5.74) is 0.